The molecule has 2 bridgehead atoms. The zero-order valence-electron chi connectivity index (χ0n) is 6.08. The molecule has 3 nitrogen and oxygen atoms in total. The second kappa shape index (κ2) is 1.85. The third-order valence-corrected chi connectivity index (χ3v) is 2.66. The number of carboxylic acids is 1. The van der Waals surface area contributed by atoms with Crippen LogP contribution in [0.4, 0.5) is 0 Å². The SMILES string of the molecule is O=C(O)C1=CC2CCC1(O)C2. The maximum Gasteiger partial charge on any atom is 0.334 e. The molecule has 2 aliphatic carbocycles. The lowest BCUT2D eigenvalue weighted by Gasteiger charge is -2.20. The van der Waals surface area contributed by atoms with E-state index in [1.807, 2.05) is 0 Å². The maximum atomic E-state index is 10.6. The van der Waals surface area contributed by atoms with Gasteiger partial charge < -0.3 is 10.2 Å². The Morgan fingerprint density at radius 1 is 1.73 bits per heavy atom. The average molecular weight is 154 g/mol. The molecule has 0 aromatic carbocycles. The molecule has 2 aliphatic rings. The Hall–Kier alpha value is -0.830. The van der Waals surface area contributed by atoms with Gasteiger partial charge in [0.25, 0.3) is 0 Å². The third-order valence-electron chi connectivity index (χ3n) is 2.66. The van der Waals surface area contributed by atoms with Gasteiger partial charge >= 0.3 is 5.97 Å². The van der Waals surface area contributed by atoms with E-state index in [9.17, 15) is 9.90 Å². The monoisotopic (exact) mass is 154 g/mol. The maximum absolute atomic E-state index is 10.6. The van der Waals surface area contributed by atoms with Gasteiger partial charge in [-0.2, -0.15) is 0 Å². The predicted octanol–water partition coefficient (Wildman–Crippen LogP) is 0.542. The van der Waals surface area contributed by atoms with E-state index in [4.69, 9.17) is 5.11 Å². The van der Waals surface area contributed by atoms with Crippen molar-refractivity contribution in [3.63, 3.8) is 0 Å². The van der Waals surface area contributed by atoms with Crippen LogP contribution in [0.5, 0.6) is 0 Å². The first-order valence-corrected chi connectivity index (χ1v) is 3.80. The highest BCUT2D eigenvalue weighted by Gasteiger charge is 2.47. The summed E-state index contributed by atoms with van der Waals surface area (Å²) in [7, 11) is 0. The van der Waals surface area contributed by atoms with Crippen LogP contribution in [0, 0.1) is 5.92 Å². The molecule has 0 spiro atoms. The van der Waals surface area contributed by atoms with Crippen LogP contribution in [0.15, 0.2) is 11.6 Å². The number of hydrogen-bond donors (Lipinski definition) is 2. The molecule has 0 aromatic heterocycles. The predicted molar refractivity (Wildman–Crippen MR) is 38.0 cm³/mol. The Morgan fingerprint density at radius 2 is 2.45 bits per heavy atom. The molecule has 11 heavy (non-hydrogen) atoms. The first-order chi connectivity index (χ1) is 5.12. The molecule has 0 aliphatic heterocycles. The van der Waals surface area contributed by atoms with Crippen molar-refractivity contribution in [2.24, 2.45) is 5.92 Å². The van der Waals surface area contributed by atoms with E-state index in [1.165, 1.54) is 0 Å². The molecule has 0 heterocycles. The molecule has 2 atom stereocenters. The Labute approximate surface area is 64.3 Å². The summed E-state index contributed by atoms with van der Waals surface area (Å²) in [6, 6.07) is 0. The van der Waals surface area contributed by atoms with Gasteiger partial charge in [-0.1, -0.05) is 6.08 Å². The Morgan fingerprint density at radius 3 is 2.73 bits per heavy atom. The van der Waals surface area contributed by atoms with E-state index in [1.54, 1.807) is 6.08 Å². The van der Waals surface area contributed by atoms with Crippen molar-refractivity contribution in [1.82, 2.24) is 0 Å². The van der Waals surface area contributed by atoms with Crippen LogP contribution < -0.4 is 0 Å². The molecule has 2 rings (SSSR count). The summed E-state index contributed by atoms with van der Waals surface area (Å²) in [5, 5.41) is 18.4. The minimum Gasteiger partial charge on any atom is -0.478 e. The minimum atomic E-state index is -0.990. The van der Waals surface area contributed by atoms with Crippen molar-refractivity contribution < 1.29 is 15.0 Å². The number of aliphatic carboxylic acids is 1. The van der Waals surface area contributed by atoms with Crippen molar-refractivity contribution >= 4 is 5.97 Å². The summed E-state index contributed by atoms with van der Waals surface area (Å²) in [4.78, 5) is 10.6. The fourth-order valence-corrected chi connectivity index (χ4v) is 2.11. The Kier molecular flexibility index (Phi) is 1.16. The van der Waals surface area contributed by atoms with Gasteiger partial charge in [0.05, 0.1) is 11.2 Å². The average Bonchev–Trinajstić information content (AvgIpc) is 2.41. The zero-order valence-corrected chi connectivity index (χ0v) is 6.08. The number of carboxylic acid groups (broad SMARTS) is 1. The molecular formula is C8H10O3. The molecule has 2 N–H and O–H groups in total. The summed E-state index contributed by atoms with van der Waals surface area (Å²) in [5.41, 5.74) is -0.773. The first kappa shape index (κ1) is 6.85. The molecule has 3 heteroatoms. The van der Waals surface area contributed by atoms with Crippen molar-refractivity contribution in [3.8, 4) is 0 Å². The molecule has 0 saturated heterocycles. The molecular weight excluding hydrogens is 144 g/mol. The van der Waals surface area contributed by atoms with E-state index in [2.05, 4.69) is 0 Å². The fourth-order valence-electron chi connectivity index (χ4n) is 2.11. The second-order valence-electron chi connectivity index (χ2n) is 3.42. The van der Waals surface area contributed by atoms with E-state index in [0.29, 0.717) is 18.8 Å². The number of rotatable bonds is 1. The van der Waals surface area contributed by atoms with Gasteiger partial charge in [0.2, 0.25) is 0 Å². The highest BCUT2D eigenvalue weighted by atomic mass is 16.4. The molecule has 2 unspecified atom stereocenters. The number of fused-ring (bicyclic) bond motifs is 2. The van der Waals surface area contributed by atoms with Crippen LogP contribution >= 0.6 is 0 Å². The van der Waals surface area contributed by atoms with E-state index in [0.717, 1.165) is 6.42 Å². The van der Waals surface area contributed by atoms with Gasteiger partial charge in [-0.3, -0.25) is 0 Å². The quantitative estimate of drug-likeness (QED) is 0.579. The largest absolute Gasteiger partial charge is 0.478 e. The van der Waals surface area contributed by atoms with Crippen molar-refractivity contribution in [2.45, 2.75) is 24.9 Å². The number of carbonyl (C=O) groups is 1. The zero-order chi connectivity index (χ0) is 8.06. The summed E-state index contributed by atoms with van der Waals surface area (Å²) in [5.74, 6) is -0.652. The Balaban J connectivity index is 2.36. The van der Waals surface area contributed by atoms with Crippen LogP contribution in [0.1, 0.15) is 19.3 Å². The minimum absolute atomic E-state index is 0.216. The van der Waals surface area contributed by atoms with E-state index in [-0.39, 0.29) is 5.57 Å². The highest BCUT2D eigenvalue weighted by Crippen LogP contribution is 2.46. The first-order valence-electron chi connectivity index (χ1n) is 3.80. The molecule has 1 saturated carbocycles. The number of allylic oxidation sites excluding steroid dienone is 1. The van der Waals surface area contributed by atoms with Gasteiger partial charge in [0.15, 0.2) is 0 Å². The molecule has 0 radical (unpaired) electrons. The third kappa shape index (κ3) is 0.807. The summed E-state index contributed by atoms with van der Waals surface area (Å²) in [6.45, 7) is 0. The van der Waals surface area contributed by atoms with Crippen LogP contribution in [0.25, 0.3) is 0 Å². The fraction of sp³-hybridized carbons (Fsp3) is 0.625. The smallest absolute Gasteiger partial charge is 0.334 e. The lowest BCUT2D eigenvalue weighted by atomic mass is 9.94. The van der Waals surface area contributed by atoms with Crippen LogP contribution in [-0.2, 0) is 4.79 Å². The summed E-state index contributed by atoms with van der Waals surface area (Å²) < 4.78 is 0. The van der Waals surface area contributed by atoms with Gasteiger partial charge in [0.1, 0.15) is 0 Å². The number of aliphatic hydroxyl groups is 1. The molecule has 1 fully saturated rings. The van der Waals surface area contributed by atoms with Crippen LogP contribution in [0.3, 0.4) is 0 Å². The Bertz CT molecular complexity index is 244. The molecule has 60 valence electrons. The summed E-state index contributed by atoms with van der Waals surface area (Å²) in [6.07, 6.45) is 3.88. The van der Waals surface area contributed by atoms with E-state index >= 15 is 0 Å². The lowest BCUT2D eigenvalue weighted by Crippen LogP contribution is -2.29. The molecule has 0 aromatic rings. The topological polar surface area (TPSA) is 57.5 Å². The standard InChI is InChI=1S/C8H10O3/c9-7(10)6-3-5-1-2-8(6,11)4-5/h3,5,11H,1-2,4H2,(H,9,10). The van der Waals surface area contributed by atoms with Crippen molar-refractivity contribution in [3.05, 3.63) is 11.6 Å². The lowest BCUT2D eigenvalue weighted by molar-refractivity contribution is -0.134. The van der Waals surface area contributed by atoms with Crippen molar-refractivity contribution in [2.75, 3.05) is 0 Å². The highest BCUT2D eigenvalue weighted by molar-refractivity contribution is 5.90. The van der Waals surface area contributed by atoms with Crippen LogP contribution in [0.2, 0.25) is 0 Å². The number of hydrogen-bond acceptors (Lipinski definition) is 2. The van der Waals surface area contributed by atoms with Gasteiger partial charge in [-0.25, -0.2) is 4.79 Å². The molecule has 0 amide bonds. The summed E-state index contributed by atoms with van der Waals surface area (Å²) >= 11 is 0. The normalized spacial score (nSPS) is 40.8. The van der Waals surface area contributed by atoms with Gasteiger partial charge in [0, 0.05) is 0 Å². The van der Waals surface area contributed by atoms with E-state index < -0.39 is 11.6 Å². The van der Waals surface area contributed by atoms with Crippen molar-refractivity contribution in [1.29, 1.82) is 0 Å². The second-order valence-corrected chi connectivity index (χ2v) is 3.42. The van der Waals surface area contributed by atoms with Gasteiger partial charge in [-0.15, -0.1) is 0 Å². The van der Waals surface area contributed by atoms with Crippen LogP contribution in [-0.4, -0.2) is 21.8 Å². The van der Waals surface area contributed by atoms with Gasteiger partial charge in [-0.05, 0) is 25.2 Å².